The van der Waals surface area contributed by atoms with E-state index < -0.39 is 12.6 Å². The summed E-state index contributed by atoms with van der Waals surface area (Å²) in [7, 11) is 0. The molecule has 0 spiro atoms. The third kappa shape index (κ3) is 1.02. The lowest BCUT2D eigenvalue weighted by Gasteiger charge is -2.22. The number of hydrogen-bond donors (Lipinski definition) is 2. The lowest BCUT2D eigenvalue weighted by molar-refractivity contribution is -0.163. The van der Waals surface area contributed by atoms with Crippen LogP contribution in [0.2, 0.25) is 0 Å². The molecule has 64 valence electrons. The van der Waals surface area contributed by atoms with E-state index >= 15 is 0 Å². The largest absolute Gasteiger partial charge is 0.367 e. The van der Waals surface area contributed by atoms with Crippen molar-refractivity contribution in [3.63, 3.8) is 0 Å². The van der Waals surface area contributed by atoms with Gasteiger partial charge in [0.15, 0.2) is 12.6 Å². The molecule has 0 radical (unpaired) electrons. The van der Waals surface area contributed by atoms with E-state index in [1.54, 1.807) is 23.5 Å². The smallest absolute Gasteiger partial charge is 0.173 e. The van der Waals surface area contributed by atoms with Crippen LogP contribution in [-0.2, 0) is 4.74 Å². The zero-order chi connectivity index (χ0) is 8.06. The van der Waals surface area contributed by atoms with Gasteiger partial charge in [0, 0.05) is 5.08 Å². The molecule has 2 aliphatic heterocycles. The van der Waals surface area contributed by atoms with E-state index in [0.29, 0.717) is 0 Å². The average molecular weight is 194 g/mol. The van der Waals surface area contributed by atoms with Crippen LogP contribution in [0.5, 0.6) is 0 Å². The molecule has 0 saturated carbocycles. The van der Waals surface area contributed by atoms with Crippen LogP contribution in [0.1, 0.15) is 6.92 Å². The molecule has 2 saturated heterocycles. The van der Waals surface area contributed by atoms with Crippen molar-refractivity contribution in [2.75, 3.05) is 5.08 Å². The van der Waals surface area contributed by atoms with Gasteiger partial charge in [-0.2, -0.15) is 0 Å². The quantitative estimate of drug-likeness (QED) is 0.577. The number of thioether (sulfide) groups is 2. The fourth-order valence-corrected chi connectivity index (χ4v) is 4.84. The molecule has 3 nitrogen and oxygen atoms in total. The molecule has 2 rings (SSSR count). The first-order valence-corrected chi connectivity index (χ1v) is 5.45. The van der Waals surface area contributed by atoms with E-state index in [4.69, 9.17) is 4.74 Å². The summed E-state index contributed by atoms with van der Waals surface area (Å²) in [6, 6.07) is 0. The number of fused-ring (bicyclic) bond motifs is 1. The third-order valence-electron chi connectivity index (χ3n) is 2.20. The minimum absolute atomic E-state index is 0.0301. The molecule has 2 N–H and O–H groups in total. The average Bonchev–Trinajstić information content (AvgIpc) is 2.39. The highest BCUT2D eigenvalue weighted by molar-refractivity contribution is 8.20. The molecule has 11 heavy (non-hydrogen) atoms. The maximum atomic E-state index is 9.41. The summed E-state index contributed by atoms with van der Waals surface area (Å²) in [5.41, 5.74) is 0. The zero-order valence-electron chi connectivity index (χ0n) is 6.06. The van der Waals surface area contributed by atoms with E-state index in [9.17, 15) is 10.2 Å². The first-order valence-electron chi connectivity index (χ1n) is 3.42. The number of hydrogen-bond acceptors (Lipinski definition) is 5. The fourth-order valence-electron chi connectivity index (χ4n) is 1.40. The first kappa shape index (κ1) is 8.19. The van der Waals surface area contributed by atoms with Crippen LogP contribution >= 0.6 is 23.5 Å². The van der Waals surface area contributed by atoms with Gasteiger partial charge in [0.05, 0.1) is 10.00 Å². The van der Waals surface area contributed by atoms with Crippen molar-refractivity contribution in [3.8, 4) is 0 Å². The Morgan fingerprint density at radius 3 is 2.91 bits per heavy atom. The Bertz CT molecular complexity index is 177. The fraction of sp³-hybridized carbons (Fsp3) is 1.00. The summed E-state index contributed by atoms with van der Waals surface area (Å²) >= 11 is 3.31. The molecule has 2 heterocycles. The molecule has 0 aromatic carbocycles. The maximum Gasteiger partial charge on any atom is 0.173 e. The Morgan fingerprint density at radius 1 is 1.55 bits per heavy atom. The van der Waals surface area contributed by atoms with Crippen LogP contribution in [0.15, 0.2) is 0 Å². The van der Waals surface area contributed by atoms with Crippen molar-refractivity contribution >= 4 is 23.5 Å². The number of aliphatic hydroxyl groups excluding tert-OH is 2. The van der Waals surface area contributed by atoms with Gasteiger partial charge in [-0.3, -0.25) is 0 Å². The second-order valence-electron chi connectivity index (χ2n) is 2.91. The molecule has 2 fully saturated rings. The van der Waals surface area contributed by atoms with Gasteiger partial charge in [-0.25, -0.2) is 0 Å². The Balaban J connectivity index is 2.25. The summed E-state index contributed by atoms with van der Waals surface area (Å²) in [5.74, 6) is 0. The van der Waals surface area contributed by atoms with Crippen LogP contribution < -0.4 is 0 Å². The van der Waals surface area contributed by atoms with Crippen LogP contribution in [0.3, 0.4) is 0 Å². The van der Waals surface area contributed by atoms with Gasteiger partial charge in [-0.1, -0.05) is 0 Å². The maximum absolute atomic E-state index is 9.41. The molecule has 4 atom stereocenters. The van der Waals surface area contributed by atoms with Crippen molar-refractivity contribution < 1.29 is 14.9 Å². The highest BCUT2D eigenvalue weighted by Crippen LogP contribution is 2.53. The molecular weight excluding hydrogens is 184 g/mol. The topological polar surface area (TPSA) is 49.7 Å². The second kappa shape index (κ2) is 2.53. The molecule has 0 aliphatic carbocycles. The molecule has 0 amide bonds. The molecular formula is C6H10O3S2. The highest BCUT2D eigenvalue weighted by Gasteiger charge is 2.56. The monoisotopic (exact) mass is 194 g/mol. The SMILES string of the molecule is CC12SCSC1C(O)OC2O. The van der Waals surface area contributed by atoms with Crippen molar-refractivity contribution in [1.82, 2.24) is 0 Å². The lowest BCUT2D eigenvalue weighted by atomic mass is 10.1. The summed E-state index contributed by atoms with van der Waals surface area (Å²) in [6.07, 6.45) is -1.61. The van der Waals surface area contributed by atoms with Crippen LogP contribution in [0.4, 0.5) is 0 Å². The van der Waals surface area contributed by atoms with Gasteiger partial charge in [0.25, 0.3) is 0 Å². The molecule has 4 unspecified atom stereocenters. The summed E-state index contributed by atoms with van der Waals surface area (Å²) in [6.45, 7) is 1.93. The molecule has 0 aromatic rings. The first-order chi connectivity index (χ1) is 5.14. The van der Waals surface area contributed by atoms with Crippen LogP contribution in [0.25, 0.3) is 0 Å². The summed E-state index contributed by atoms with van der Waals surface area (Å²) < 4.78 is 4.60. The minimum atomic E-state index is -0.817. The zero-order valence-corrected chi connectivity index (χ0v) is 7.69. The third-order valence-corrected chi connectivity index (χ3v) is 5.52. The number of ether oxygens (including phenoxy) is 1. The predicted molar refractivity (Wildman–Crippen MR) is 45.3 cm³/mol. The van der Waals surface area contributed by atoms with Gasteiger partial charge in [-0.15, -0.1) is 23.5 Å². The number of aliphatic hydroxyl groups is 2. The Labute approximate surface area is 73.5 Å². The highest BCUT2D eigenvalue weighted by atomic mass is 32.2. The normalized spacial score (nSPS) is 56.5. The molecule has 0 bridgehead atoms. The standard InChI is InChI=1S/C6H10O3S2/c1-6-3(10-2-11-6)4(7)9-5(6)8/h3-5,7-8H,2H2,1H3. The Hall–Kier alpha value is 0.580. The number of rotatable bonds is 0. The molecule has 0 aromatic heterocycles. The van der Waals surface area contributed by atoms with Crippen molar-refractivity contribution in [1.29, 1.82) is 0 Å². The van der Waals surface area contributed by atoms with Crippen LogP contribution in [-0.4, -0.2) is 37.9 Å². The van der Waals surface area contributed by atoms with Gasteiger partial charge in [0.1, 0.15) is 0 Å². The van der Waals surface area contributed by atoms with Gasteiger partial charge in [0.2, 0.25) is 0 Å². The van der Waals surface area contributed by atoms with Gasteiger partial charge >= 0.3 is 0 Å². The second-order valence-corrected chi connectivity index (χ2v) is 5.86. The molecule has 5 heteroatoms. The van der Waals surface area contributed by atoms with E-state index in [1.807, 2.05) is 6.92 Å². The van der Waals surface area contributed by atoms with E-state index in [0.717, 1.165) is 5.08 Å². The molecule has 2 aliphatic rings. The Kier molecular flexibility index (Phi) is 1.89. The summed E-state index contributed by atoms with van der Waals surface area (Å²) in [4.78, 5) is 0. The van der Waals surface area contributed by atoms with Crippen molar-refractivity contribution in [3.05, 3.63) is 0 Å². The van der Waals surface area contributed by atoms with E-state index in [2.05, 4.69) is 0 Å². The van der Waals surface area contributed by atoms with E-state index in [1.165, 1.54) is 0 Å². The predicted octanol–water partition coefficient (Wildman–Crippen LogP) is 0.218. The minimum Gasteiger partial charge on any atom is -0.367 e. The van der Waals surface area contributed by atoms with Gasteiger partial charge in [-0.05, 0) is 6.92 Å². The Morgan fingerprint density at radius 2 is 2.27 bits per heavy atom. The summed E-state index contributed by atoms with van der Waals surface area (Å²) in [5, 5.41) is 19.7. The lowest BCUT2D eigenvalue weighted by Crippen LogP contribution is -2.36. The van der Waals surface area contributed by atoms with Crippen LogP contribution in [0, 0.1) is 0 Å². The van der Waals surface area contributed by atoms with Crippen molar-refractivity contribution in [2.45, 2.75) is 29.5 Å². The van der Waals surface area contributed by atoms with E-state index in [-0.39, 0.29) is 10.00 Å². The van der Waals surface area contributed by atoms with Crippen molar-refractivity contribution in [2.24, 2.45) is 0 Å². The van der Waals surface area contributed by atoms with Gasteiger partial charge < -0.3 is 14.9 Å².